The van der Waals surface area contributed by atoms with Gasteiger partial charge in [-0.3, -0.25) is 4.68 Å². The Morgan fingerprint density at radius 1 is 1.15 bits per heavy atom. The lowest BCUT2D eigenvalue weighted by atomic mass is 10.1. The monoisotopic (exact) mass is 269 g/mol. The highest BCUT2D eigenvalue weighted by Crippen LogP contribution is 2.39. The first-order valence-corrected chi connectivity index (χ1v) is 7.47. The Hall–Kier alpha value is -1.91. The molecule has 0 aromatic carbocycles. The quantitative estimate of drug-likeness (QED) is 0.930. The molecule has 0 unspecified atom stereocenters. The van der Waals surface area contributed by atoms with E-state index in [0.717, 1.165) is 30.4 Å². The molecule has 1 fully saturated rings. The number of anilines is 2. The van der Waals surface area contributed by atoms with E-state index in [1.165, 1.54) is 37.1 Å². The van der Waals surface area contributed by atoms with Crippen molar-refractivity contribution in [3.8, 4) is 0 Å². The van der Waals surface area contributed by atoms with Gasteiger partial charge in [0.05, 0.1) is 0 Å². The van der Waals surface area contributed by atoms with Crippen LogP contribution in [0.5, 0.6) is 0 Å². The fraction of sp³-hybridized carbons (Fsp3) is 0.533. The Morgan fingerprint density at radius 3 is 2.85 bits per heavy atom. The van der Waals surface area contributed by atoms with Crippen molar-refractivity contribution >= 4 is 11.6 Å². The zero-order valence-corrected chi connectivity index (χ0v) is 11.8. The second kappa shape index (κ2) is 4.58. The first-order valence-electron chi connectivity index (χ1n) is 7.47. The van der Waals surface area contributed by atoms with Crippen molar-refractivity contribution in [2.24, 2.45) is 0 Å². The predicted molar refractivity (Wildman–Crippen MR) is 77.2 cm³/mol. The van der Waals surface area contributed by atoms with Crippen molar-refractivity contribution < 1.29 is 0 Å². The van der Waals surface area contributed by atoms with E-state index in [4.69, 9.17) is 0 Å². The Bertz CT molecular complexity index is 618. The third-order valence-electron chi connectivity index (χ3n) is 4.03. The minimum Gasteiger partial charge on any atom is -0.323 e. The van der Waals surface area contributed by atoms with Gasteiger partial charge in [0.25, 0.3) is 0 Å². The van der Waals surface area contributed by atoms with E-state index < -0.39 is 0 Å². The highest BCUT2D eigenvalue weighted by Gasteiger charge is 2.26. The highest BCUT2D eigenvalue weighted by atomic mass is 15.3. The van der Waals surface area contributed by atoms with Crippen LogP contribution in [0.3, 0.4) is 0 Å². The molecule has 1 N–H and O–H groups in total. The van der Waals surface area contributed by atoms with E-state index in [0.29, 0.717) is 5.92 Å². The van der Waals surface area contributed by atoms with Gasteiger partial charge in [-0.15, -0.1) is 0 Å². The minimum atomic E-state index is 0.646. The van der Waals surface area contributed by atoms with Crippen LogP contribution in [-0.2, 0) is 13.0 Å². The smallest absolute Gasteiger partial charge is 0.153 e. The first kappa shape index (κ1) is 11.9. The normalized spacial score (nSPS) is 17.9. The maximum absolute atomic E-state index is 4.61. The number of fused-ring (bicyclic) bond motifs is 1. The molecule has 0 atom stereocenters. The number of hydrogen-bond acceptors (Lipinski definition) is 4. The van der Waals surface area contributed by atoms with E-state index in [1.807, 2.05) is 6.92 Å². The van der Waals surface area contributed by atoms with Gasteiger partial charge in [-0.1, -0.05) is 0 Å². The number of aryl methyl sites for hydroxylation is 3. The molecule has 2 aromatic rings. The van der Waals surface area contributed by atoms with Gasteiger partial charge >= 0.3 is 0 Å². The average Bonchev–Trinajstić information content (AvgIpc) is 3.19. The van der Waals surface area contributed by atoms with Crippen molar-refractivity contribution in [1.29, 1.82) is 0 Å². The molecule has 5 nitrogen and oxygen atoms in total. The van der Waals surface area contributed by atoms with E-state index >= 15 is 0 Å². The van der Waals surface area contributed by atoms with E-state index in [1.54, 1.807) is 0 Å². The summed E-state index contributed by atoms with van der Waals surface area (Å²) in [6.45, 7) is 2.99. The van der Waals surface area contributed by atoms with Gasteiger partial charge in [-0.2, -0.15) is 5.10 Å². The maximum Gasteiger partial charge on any atom is 0.153 e. The molecule has 3 heterocycles. The molecule has 4 rings (SSSR count). The van der Waals surface area contributed by atoms with Crippen LogP contribution in [0.1, 0.15) is 48.8 Å². The van der Waals surface area contributed by atoms with Crippen LogP contribution in [0, 0.1) is 6.92 Å². The highest BCUT2D eigenvalue weighted by molar-refractivity contribution is 5.53. The van der Waals surface area contributed by atoms with Gasteiger partial charge in [0, 0.05) is 36.0 Å². The Morgan fingerprint density at radius 2 is 2.05 bits per heavy atom. The van der Waals surface area contributed by atoms with E-state index in [-0.39, 0.29) is 0 Å². The van der Waals surface area contributed by atoms with Gasteiger partial charge < -0.3 is 5.32 Å². The Balaban J connectivity index is 1.60. The predicted octanol–water partition coefficient (Wildman–Crippen LogP) is 2.94. The summed E-state index contributed by atoms with van der Waals surface area (Å²) in [5.41, 5.74) is 2.50. The average molecular weight is 269 g/mol. The van der Waals surface area contributed by atoms with Crippen molar-refractivity contribution in [2.75, 3.05) is 5.32 Å². The van der Waals surface area contributed by atoms with Gasteiger partial charge in [0.1, 0.15) is 11.6 Å². The molecule has 2 aromatic heterocycles. The number of nitrogens with zero attached hydrogens (tertiary/aromatic N) is 4. The fourth-order valence-corrected chi connectivity index (χ4v) is 2.85. The van der Waals surface area contributed by atoms with E-state index in [2.05, 4.69) is 37.2 Å². The summed E-state index contributed by atoms with van der Waals surface area (Å²) in [6.07, 6.45) is 6.14. The molecule has 0 radical (unpaired) electrons. The SMILES string of the molecule is Cc1nc(Nc2cc3n(n2)CCCC3)cc(C2CC2)n1. The molecule has 0 spiro atoms. The lowest BCUT2D eigenvalue weighted by Gasteiger charge is -2.11. The summed E-state index contributed by atoms with van der Waals surface area (Å²) in [5.74, 6) is 3.25. The summed E-state index contributed by atoms with van der Waals surface area (Å²) >= 11 is 0. The summed E-state index contributed by atoms with van der Waals surface area (Å²) in [4.78, 5) is 9.00. The molecule has 1 aliphatic carbocycles. The third-order valence-corrected chi connectivity index (χ3v) is 4.03. The van der Waals surface area contributed by atoms with Crippen molar-refractivity contribution in [3.05, 3.63) is 29.3 Å². The zero-order chi connectivity index (χ0) is 13.5. The third kappa shape index (κ3) is 2.28. The Kier molecular flexibility index (Phi) is 2.72. The molecule has 0 saturated heterocycles. The van der Waals surface area contributed by atoms with Crippen LogP contribution >= 0.6 is 0 Å². The zero-order valence-electron chi connectivity index (χ0n) is 11.8. The number of hydrogen-bond donors (Lipinski definition) is 1. The van der Waals surface area contributed by atoms with Crippen LogP contribution < -0.4 is 5.32 Å². The topological polar surface area (TPSA) is 55.6 Å². The molecule has 104 valence electrons. The van der Waals surface area contributed by atoms with Crippen LogP contribution in [0.4, 0.5) is 11.6 Å². The fourth-order valence-electron chi connectivity index (χ4n) is 2.85. The lowest BCUT2D eigenvalue weighted by Crippen LogP contribution is -2.10. The van der Waals surface area contributed by atoms with Crippen molar-refractivity contribution in [2.45, 2.75) is 51.5 Å². The van der Waals surface area contributed by atoms with Gasteiger partial charge in [-0.25, -0.2) is 9.97 Å². The van der Waals surface area contributed by atoms with Crippen LogP contribution in [0.15, 0.2) is 12.1 Å². The molecule has 0 bridgehead atoms. The number of aromatic nitrogens is 4. The van der Waals surface area contributed by atoms with Crippen LogP contribution in [-0.4, -0.2) is 19.7 Å². The molecule has 1 saturated carbocycles. The number of rotatable bonds is 3. The molecule has 1 aliphatic heterocycles. The van der Waals surface area contributed by atoms with Crippen molar-refractivity contribution in [1.82, 2.24) is 19.7 Å². The second-order valence-corrected chi connectivity index (χ2v) is 5.83. The summed E-state index contributed by atoms with van der Waals surface area (Å²) in [7, 11) is 0. The van der Waals surface area contributed by atoms with Gasteiger partial charge in [0.15, 0.2) is 5.82 Å². The molecular weight excluding hydrogens is 250 g/mol. The molecule has 0 amide bonds. The molecule has 2 aliphatic rings. The maximum atomic E-state index is 4.61. The lowest BCUT2D eigenvalue weighted by molar-refractivity contribution is 0.487. The second-order valence-electron chi connectivity index (χ2n) is 5.83. The summed E-state index contributed by atoms with van der Waals surface area (Å²) < 4.78 is 2.11. The van der Waals surface area contributed by atoms with Gasteiger partial charge in [0.2, 0.25) is 0 Å². The number of nitrogens with one attached hydrogen (secondary N) is 1. The molecule has 20 heavy (non-hydrogen) atoms. The van der Waals surface area contributed by atoms with E-state index in [9.17, 15) is 0 Å². The first-order chi connectivity index (χ1) is 9.78. The standard InChI is InChI=1S/C15H19N5/c1-10-16-13(11-5-6-11)9-14(17-10)18-15-8-12-4-2-3-7-20(12)19-15/h8-9,11H,2-7H2,1H3,(H,16,17,18,19). The van der Waals surface area contributed by atoms with Crippen LogP contribution in [0.2, 0.25) is 0 Å². The van der Waals surface area contributed by atoms with Gasteiger partial charge in [-0.05, 0) is 39.0 Å². The summed E-state index contributed by atoms with van der Waals surface area (Å²) in [6, 6.07) is 4.22. The molecular formula is C15H19N5. The summed E-state index contributed by atoms with van der Waals surface area (Å²) in [5, 5.41) is 7.95. The Labute approximate surface area is 118 Å². The van der Waals surface area contributed by atoms with Crippen LogP contribution in [0.25, 0.3) is 0 Å². The van der Waals surface area contributed by atoms with Crippen molar-refractivity contribution in [3.63, 3.8) is 0 Å². The molecule has 5 heteroatoms. The minimum absolute atomic E-state index is 0.646. The largest absolute Gasteiger partial charge is 0.323 e.